The minimum absolute atomic E-state index is 0.0188. The summed E-state index contributed by atoms with van der Waals surface area (Å²) >= 11 is 0. The Bertz CT molecular complexity index is 425. The molecule has 1 heterocycles. The summed E-state index contributed by atoms with van der Waals surface area (Å²) in [6.07, 6.45) is 0. The average Bonchev–Trinajstić information content (AvgIpc) is 2.16. The van der Waals surface area contributed by atoms with E-state index in [1.165, 1.54) is 7.11 Å². The van der Waals surface area contributed by atoms with Crippen LogP contribution in [-0.2, 0) is 4.74 Å². The number of ether oxygens (including phenoxy) is 2. The number of nitrogens with one attached hydrogen (secondary N) is 1. The van der Waals surface area contributed by atoms with Crippen molar-refractivity contribution in [1.29, 1.82) is 0 Å². The van der Waals surface area contributed by atoms with Gasteiger partial charge in [0, 0.05) is 5.69 Å². The molecular weight excluding hydrogens is 200 g/mol. The first-order valence-electron chi connectivity index (χ1n) is 4.42. The fourth-order valence-electron chi connectivity index (χ4n) is 1.15. The van der Waals surface area contributed by atoms with Gasteiger partial charge in [-0.3, -0.25) is 0 Å². The molecule has 1 rings (SSSR count). The topological polar surface area (TPSA) is 81.3 Å². The molecular formula is C9H12N2O4. The predicted octanol–water partition coefficient (Wildman–Crippen LogP) is 0.264. The van der Waals surface area contributed by atoms with Gasteiger partial charge in [0.25, 0.3) is 0 Å². The number of methoxy groups -OCH3 is 1. The van der Waals surface area contributed by atoms with Crippen molar-refractivity contribution in [2.24, 2.45) is 0 Å². The Labute approximate surface area is 86.2 Å². The summed E-state index contributed by atoms with van der Waals surface area (Å²) in [4.78, 5) is 28.4. The number of aromatic nitrogens is 2. The van der Waals surface area contributed by atoms with Gasteiger partial charge < -0.3 is 14.5 Å². The molecule has 0 aromatic carbocycles. The molecule has 0 aliphatic rings. The normalized spacial score (nSPS) is 9.80. The second kappa shape index (κ2) is 4.59. The van der Waals surface area contributed by atoms with Crippen molar-refractivity contribution in [2.45, 2.75) is 13.8 Å². The zero-order valence-corrected chi connectivity index (χ0v) is 8.79. The van der Waals surface area contributed by atoms with Gasteiger partial charge in [0.15, 0.2) is 0 Å². The number of aryl methyl sites for hydroxylation is 1. The van der Waals surface area contributed by atoms with Gasteiger partial charge >= 0.3 is 11.7 Å². The first kappa shape index (κ1) is 11.2. The molecule has 6 nitrogen and oxygen atoms in total. The molecule has 0 spiro atoms. The summed E-state index contributed by atoms with van der Waals surface area (Å²) < 4.78 is 9.65. The molecule has 0 atom stereocenters. The number of hydrogen-bond acceptors (Lipinski definition) is 5. The largest absolute Gasteiger partial charge is 0.480 e. The van der Waals surface area contributed by atoms with Crippen LogP contribution in [0.2, 0.25) is 0 Å². The van der Waals surface area contributed by atoms with Gasteiger partial charge in [-0.2, -0.15) is 4.98 Å². The zero-order valence-electron chi connectivity index (χ0n) is 8.79. The third-order valence-corrected chi connectivity index (χ3v) is 1.76. The molecule has 0 aliphatic carbocycles. The molecule has 6 heteroatoms. The fourth-order valence-corrected chi connectivity index (χ4v) is 1.15. The van der Waals surface area contributed by atoms with E-state index in [9.17, 15) is 9.59 Å². The van der Waals surface area contributed by atoms with Gasteiger partial charge in [-0.05, 0) is 13.8 Å². The summed E-state index contributed by atoms with van der Waals surface area (Å²) in [5.41, 5.74) is -0.0263. The highest BCUT2D eigenvalue weighted by Gasteiger charge is 2.18. The Morgan fingerprint density at radius 2 is 2.20 bits per heavy atom. The van der Waals surface area contributed by atoms with Crippen molar-refractivity contribution in [3.8, 4) is 5.88 Å². The van der Waals surface area contributed by atoms with E-state index in [0.717, 1.165) is 0 Å². The molecule has 0 bridgehead atoms. The van der Waals surface area contributed by atoms with Crippen molar-refractivity contribution in [3.05, 3.63) is 21.7 Å². The number of rotatable bonds is 3. The second-order valence-electron chi connectivity index (χ2n) is 2.77. The number of carbonyl (C=O) groups is 1. The Kier molecular flexibility index (Phi) is 3.43. The first-order valence-corrected chi connectivity index (χ1v) is 4.42. The lowest BCUT2D eigenvalue weighted by Crippen LogP contribution is -2.19. The highest BCUT2D eigenvalue weighted by atomic mass is 16.5. The third kappa shape index (κ3) is 2.34. The van der Waals surface area contributed by atoms with Gasteiger partial charge in [0.2, 0.25) is 5.88 Å². The Morgan fingerprint density at radius 3 is 2.73 bits per heavy atom. The van der Waals surface area contributed by atoms with Crippen LogP contribution in [0.15, 0.2) is 4.79 Å². The molecule has 82 valence electrons. The van der Waals surface area contributed by atoms with Gasteiger partial charge in [-0.25, -0.2) is 9.59 Å². The van der Waals surface area contributed by atoms with E-state index < -0.39 is 11.7 Å². The summed E-state index contributed by atoms with van der Waals surface area (Å²) in [5.74, 6) is -0.578. The van der Waals surface area contributed by atoms with Crippen molar-refractivity contribution in [3.63, 3.8) is 0 Å². The molecule has 15 heavy (non-hydrogen) atoms. The number of nitrogens with zero attached hydrogens (tertiary/aromatic N) is 1. The number of carbonyl (C=O) groups excluding carboxylic acids is 1. The fraction of sp³-hybridized carbons (Fsp3) is 0.444. The number of hydrogen-bond donors (Lipinski definition) is 1. The lowest BCUT2D eigenvalue weighted by molar-refractivity contribution is 0.0520. The highest BCUT2D eigenvalue weighted by molar-refractivity contribution is 5.92. The van der Waals surface area contributed by atoms with E-state index in [0.29, 0.717) is 5.69 Å². The monoisotopic (exact) mass is 212 g/mol. The van der Waals surface area contributed by atoms with E-state index in [1.54, 1.807) is 13.8 Å². The van der Waals surface area contributed by atoms with Gasteiger partial charge in [-0.1, -0.05) is 0 Å². The van der Waals surface area contributed by atoms with E-state index in [1.807, 2.05) is 0 Å². The molecule has 0 unspecified atom stereocenters. The molecule has 0 saturated carbocycles. The highest BCUT2D eigenvalue weighted by Crippen LogP contribution is 2.16. The van der Waals surface area contributed by atoms with Crippen molar-refractivity contribution in [2.75, 3.05) is 13.7 Å². The standard InChI is InChI=1S/C9H12N2O4/c1-4-15-8(12)6-5(2)10-9(13)11-7(6)14-3/h4H2,1-3H3,(H,10,11,13). The minimum atomic E-state index is -0.560. The Balaban J connectivity index is 3.26. The quantitative estimate of drug-likeness (QED) is 0.727. The van der Waals surface area contributed by atoms with E-state index in [2.05, 4.69) is 9.97 Å². The maximum atomic E-state index is 11.5. The van der Waals surface area contributed by atoms with Crippen LogP contribution in [0.5, 0.6) is 5.88 Å². The summed E-state index contributed by atoms with van der Waals surface area (Å²) in [7, 11) is 1.34. The zero-order chi connectivity index (χ0) is 11.4. The first-order chi connectivity index (χ1) is 7.10. The van der Waals surface area contributed by atoms with Crippen LogP contribution in [0.3, 0.4) is 0 Å². The SMILES string of the molecule is CCOC(=O)c1c(OC)nc(=O)[nH]c1C. The van der Waals surface area contributed by atoms with Crippen molar-refractivity contribution in [1.82, 2.24) is 9.97 Å². The molecule has 0 amide bonds. The van der Waals surface area contributed by atoms with E-state index >= 15 is 0 Å². The van der Waals surface area contributed by atoms with Gasteiger partial charge in [-0.15, -0.1) is 0 Å². The second-order valence-corrected chi connectivity index (χ2v) is 2.77. The minimum Gasteiger partial charge on any atom is -0.480 e. The smallest absolute Gasteiger partial charge is 0.348 e. The lowest BCUT2D eigenvalue weighted by Gasteiger charge is -2.08. The van der Waals surface area contributed by atoms with Crippen LogP contribution in [0, 0.1) is 6.92 Å². The van der Waals surface area contributed by atoms with Crippen LogP contribution in [0.1, 0.15) is 23.0 Å². The van der Waals surface area contributed by atoms with Gasteiger partial charge in [0.1, 0.15) is 5.56 Å². The van der Waals surface area contributed by atoms with E-state index in [-0.39, 0.29) is 18.1 Å². The molecule has 0 fully saturated rings. The van der Waals surface area contributed by atoms with Crippen LogP contribution in [0.25, 0.3) is 0 Å². The van der Waals surface area contributed by atoms with E-state index in [4.69, 9.17) is 9.47 Å². The molecule has 1 aromatic heterocycles. The Morgan fingerprint density at radius 1 is 1.53 bits per heavy atom. The lowest BCUT2D eigenvalue weighted by atomic mass is 10.2. The van der Waals surface area contributed by atoms with Crippen molar-refractivity contribution >= 4 is 5.97 Å². The van der Waals surface area contributed by atoms with Gasteiger partial charge in [0.05, 0.1) is 13.7 Å². The molecule has 0 radical (unpaired) electrons. The summed E-state index contributed by atoms with van der Waals surface area (Å²) in [6.45, 7) is 3.53. The number of aromatic amines is 1. The number of esters is 1. The van der Waals surface area contributed by atoms with Crippen LogP contribution < -0.4 is 10.4 Å². The molecule has 1 N–H and O–H groups in total. The van der Waals surface area contributed by atoms with Crippen molar-refractivity contribution < 1.29 is 14.3 Å². The average molecular weight is 212 g/mol. The van der Waals surface area contributed by atoms with Crippen LogP contribution in [-0.4, -0.2) is 29.7 Å². The maximum Gasteiger partial charge on any atom is 0.348 e. The maximum absolute atomic E-state index is 11.5. The molecule has 0 aliphatic heterocycles. The summed E-state index contributed by atoms with van der Waals surface area (Å²) in [5, 5.41) is 0. The predicted molar refractivity (Wildman–Crippen MR) is 52.1 cm³/mol. The number of H-pyrrole nitrogens is 1. The Hall–Kier alpha value is -1.85. The molecule has 0 saturated heterocycles. The van der Waals surface area contributed by atoms with Crippen LogP contribution in [0.4, 0.5) is 0 Å². The third-order valence-electron chi connectivity index (χ3n) is 1.76. The summed E-state index contributed by atoms with van der Waals surface area (Å²) in [6, 6.07) is 0. The molecule has 1 aromatic rings. The van der Waals surface area contributed by atoms with Crippen LogP contribution >= 0.6 is 0 Å².